The number of hydrogen-bond acceptors (Lipinski definition) is 6. The maximum atomic E-state index is 12.3. The number of amides is 2. The quantitative estimate of drug-likeness (QED) is 0.712. The zero-order valence-electron chi connectivity index (χ0n) is 19.4. The van der Waals surface area contributed by atoms with E-state index < -0.39 is 17.2 Å². The van der Waals surface area contributed by atoms with Gasteiger partial charge in [0.25, 0.3) is 0 Å². The highest BCUT2D eigenvalue weighted by molar-refractivity contribution is 5.70. The number of hydrogen-bond donors (Lipinski definition) is 2. The molecule has 1 aromatic carbocycles. The van der Waals surface area contributed by atoms with Crippen molar-refractivity contribution in [2.24, 2.45) is 5.41 Å². The van der Waals surface area contributed by atoms with Crippen LogP contribution in [0, 0.1) is 5.41 Å². The molecule has 3 aliphatic rings. The van der Waals surface area contributed by atoms with Crippen molar-refractivity contribution in [3.05, 3.63) is 47.5 Å². The van der Waals surface area contributed by atoms with Crippen LogP contribution in [0.15, 0.2) is 30.3 Å². The molecule has 5 rings (SSSR count). The zero-order valence-corrected chi connectivity index (χ0v) is 19.4. The van der Waals surface area contributed by atoms with Gasteiger partial charge >= 0.3 is 12.2 Å². The van der Waals surface area contributed by atoms with Gasteiger partial charge in [-0.05, 0) is 52.0 Å². The molecule has 2 aromatic rings. The van der Waals surface area contributed by atoms with Crippen LogP contribution >= 0.6 is 0 Å². The lowest BCUT2D eigenvalue weighted by Crippen LogP contribution is -2.63. The minimum atomic E-state index is -0.546. The van der Waals surface area contributed by atoms with Crippen molar-refractivity contribution in [3.63, 3.8) is 0 Å². The van der Waals surface area contributed by atoms with Crippen LogP contribution in [-0.4, -0.2) is 51.0 Å². The average Bonchev–Trinajstić information content (AvgIpc) is 3.28. The van der Waals surface area contributed by atoms with Crippen LogP contribution in [0.5, 0.6) is 0 Å². The fraction of sp³-hybridized carbons (Fsp3) is 0.583. The molecule has 3 fully saturated rings. The highest BCUT2D eigenvalue weighted by Crippen LogP contribution is 2.56. The average molecular weight is 454 g/mol. The van der Waals surface area contributed by atoms with Crippen LogP contribution in [-0.2, 0) is 21.6 Å². The van der Waals surface area contributed by atoms with E-state index in [0.717, 1.165) is 50.2 Å². The smallest absolute Gasteiger partial charge is 0.410 e. The van der Waals surface area contributed by atoms with Crippen LogP contribution in [0.25, 0.3) is 0 Å². The number of rotatable bonds is 5. The SMILES string of the molecule is CC(C)(C)OC(=O)NC1(c2n[nH]c(C3CC4(C3)CN(C(=O)OCc3ccccc3)C4)n2)CC1. The first-order valence-electron chi connectivity index (χ1n) is 11.6. The molecule has 1 saturated heterocycles. The minimum absolute atomic E-state index is 0.162. The summed E-state index contributed by atoms with van der Waals surface area (Å²) < 4.78 is 10.8. The summed E-state index contributed by atoms with van der Waals surface area (Å²) in [6.07, 6.45) is 2.85. The van der Waals surface area contributed by atoms with Gasteiger partial charge < -0.3 is 19.7 Å². The van der Waals surface area contributed by atoms with E-state index in [1.165, 1.54) is 0 Å². The Morgan fingerprint density at radius 3 is 2.52 bits per heavy atom. The normalized spacial score (nSPS) is 20.5. The molecular formula is C24H31N5O4. The van der Waals surface area contributed by atoms with Crippen molar-refractivity contribution in [2.45, 2.75) is 70.1 Å². The molecule has 9 nitrogen and oxygen atoms in total. The van der Waals surface area contributed by atoms with E-state index in [1.807, 2.05) is 51.1 Å². The fourth-order valence-electron chi connectivity index (χ4n) is 4.84. The number of aromatic nitrogens is 3. The van der Waals surface area contributed by atoms with Crippen LogP contribution in [0.1, 0.15) is 69.6 Å². The number of carbonyl (C=O) groups is 2. The minimum Gasteiger partial charge on any atom is -0.445 e. The summed E-state index contributed by atoms with van der Waals surface area (Å²) >= 11 is 0. The van der Waals surface area contributed by atoms with Crippen molar-refractivity contribution in [1.29, 1.82) is 0 Å². The van der Waals surface area contributed by atoms with Crippen LogP contribution < -0.4 is 5.32 Å². The summed E-state index contributed by atoms with van der Waals surface area (Å²) in [7, 11) is 0. The van der Waals surface area contributed by atoms with Crippen molar-refractivity contribution < 1.29 is 19.1 Å². The maximum Gasteiger partial charge on any atom is 0.410 e. The topological polar surface area (TPSA) is 109 Å². The zero-order chi connectivity index (χ0) is 23.3. The van der Waals surface area contributed by atoms with E-state index in [9.17, 15) is 9.59 Å². The Morgan fingerprint density at radius 2 is 1.88 bits per heavy atom. The van der Waals surface area contributed by atoms with Gasteiger partial charge in [-0.3, -0.25) is 5.10 Å². The Labute approximate surface area is 193 Å². The number of likely N-dealkylation sites (tertiary alicyclic amines) is 1. The van der Waals surface area contributed by atoms with Gasteiger partial charge in [-0.25, -0.2) is 14.6 Å². The number of H-pyrrole nitrogens is 1. The second kappa shape index (κ2) is 7.74. The van der Waals surface area contributed by atoms with Crippen molar-refractivity contribution in [1.82, 2.24) is 25.4 Å². The lowest BCUT2D eigenvalue weighted by Gasteiger charge is -2.57. The Kier molecular flexibility index (Phi) is 5.10. The largest absolute Gasteiger partial charge is 0.445 e. The molecule has 1 aliphatic heterocycles. The van der Waals surface area contributed by atoms with Gasteiger partial charge in [-0.2, -0.15) is 5.10 Å². The fourth-order valence-corrected chi connectivity index (χ4v) is 4.84. The van der Waals surface area contributed by atoms with E-state index in [0.29, 0.717) is 18.3 Å². The lowest BCUT2D eigenvalue weighted by atomic mass is 9.57. The van der Waals surface area contributed by atoms with Crippen molar-refractivity contribution in [3.8, 4) is 0 Å². The predicted molar refractivity (Wildman–Crippen MR) is 119 cm³/mol. The number of carbonyl (C=O) groups excluding carboxylic acids is 2. The molecule has 33 heavy (non-hydrogen) atoms. The lowest BCUT2D eigenvalue weighted by molar-refractivity contribution is -0.0673. The van der Waals surface area contributed by atoms with E-state index in [4.69, 9.17) is 14.5 Å². The Hall–Kier alpha value is -3.10. The Morgan fingerprint density at radius 1 is 1.18 bits per heavy atom. The molecule has 1 aromatic heterocycles. The number of nitrogens with zero attached hydrogens (tertiary/aromatic N) is 3. The molecule has 176 valence electrons. The second-order valence-corrected chi connectivity index (χ2v) is 10.8. The molecule has 2 saturated carbocycles. The van der Waals surface area contributed by atoms with Gasteiger partial charge in [0.15, 0.2) is 5.82 Å². The van der Waals surface area contributed by atoms with Crippen molar-refractivity contribution in [2.75, 3.05) is 13.1 Å². The van der Waals surface area contributed by atoms with Gasteiger partial charge in [0, 0.05) is 24.4 Å². The summed E-state index contributed by atoms with van der Waals surface area (Å²) in [6.45, 7) is 7.27. The second-order valence-electron chi connectivity index (χ2n) is 10.8. The molecule has 2 aliphatic carbocycles. The van der Waals surface area contributed by atoms with Gasteiger partial charge in [0.05, 0.1) is 0 Å². The molecule has 0 atom stereocenters. The molecule has 0 bridgehead atoms. The van der Waals surface area contributed by atoms with Gasteiger partial charge in [0.2, 0.25) is 0 Å². The molecule has 0 radical (unpaired) electrons. The summed E-state index contributed by atoms with van der Waals surface area (Å²) in [4.78, 5) is 31.0. The van der Waals surface area contributed by atoms with Gasteiger partial charge in [-0.1, -0.05) is 30.3 Å². The maximum absolute atomic E-state index is 12.3. The van der Waals surface area contributed by atoms with Crippen LogP contribution in [0.4, 0.5) is 9.59 Å². The summed E-state index contributed by atoms with van der Waals surface area (Å²) in [5.74, 6) is 1.79. The van der Waals surface area contributed by atoms with Gasteiger partial charge in [0.1, 0.15) is 23.6 Å². The van der Waals surface area contributed by atoms with Crippen LogP contribution in [0.3, 0.4) is 0 Å². The van der Waals surface area contributed by atoms with Crippen molar-refractivity contribution >= 4 is 12.2 Å². The van der Waals surface area contributed by atoms with E-state index in [2.05, 4.69) is 15.5 Å². The standard InChI is InChI=1S/C24H31N5O4/c1-22(2,3)33-20(30)26-24(9-10-24)19-25-18(27-28-19)17-11-23(12-17)14-29(15-23)21(31)32-13-16-7-5-4-6-8-16/h4-8,17H,9-15H2,1-3H3,(H,26,30)(H,25,27,28). The number of ether oxygens (including phenoxy) is 2. The monoisotopic (exact) mass is 453 g/mol. The molecule has 2 amide bonds. The number of benzene rings is 1. The first-order chi connectivity index (χ1) is 15.7. The first kappa shape index (κ1) is 21.7. The summed E-state index contributed by atoms with van der Waals surface area (Å²) in [6, 6.07) is 9.70. The predicted octanol–water partition coefficient (Wildman–Crippen LogP) is 3.83. The first-order valence-corrected chi connectivity index (χ1v) is 11.6. The molecular weight excluding hydrogens is 422 g/mol. The number of aromatic amines is 1. The molecule has 0 unspecified atom stereocenters. The highest BCUT2D eigenvalue weighted by Gasteiger charge is 2.56. The highest BCUT2D eigenvalue weighted by atomic mass is 16.6. The molecule has 2 heterocycles. The summed E-state index contributed by atoms with van der Waals surface area (Å²) in [5.41, 5.74) is 0.0827. The van der Waals surface area contributed by atoms with E-state index in [1.54, 1.807) is 4.90 Å². The third-order valence-corrected chi connectivity index (χ3v) is 6.68. The van der Waals surface area contributed by atoms with E-state index >= 15 is 0 Å². The third-order valence-electron chi connectivity index (χ3n) is 6.68. The summed E-state index contributed by atoms with van der Waals surface area (Å²) in [5, 5.41) is 10.4. The van der Waals surface area contributed by atoms with Gasteiger partial charge in [-0.15, -0.1) is 0 Å². The van der Waals surface area contributed by atoms with Crippen LogP contribution in [0.2, 0.25) is 0 Å². The molecule has 2 N–H and O–H groups in total. The van der Waals surface area contributed by atoms with E-state index in [-0.39, 0.29) is 11.5 Å². The number of nitrogens with one attached hydrogen (secondary N) is 2. The third kappa shape index (κ3) is 4.54. The molecule has 1 spiro atoms. The Bertz CT molecular complexity index is 1030. The Balaban J connectivity index is 1.09. The molecule has 9 heteroatoms. The number of alkyl carbamates (subject to hydrolysis) is 1.